The molecule has 0 spiro atoms. The molecule has 0 aliphatic rings. The molecule has 0 bridgehead atoms. The Kier molecular flexibility index (Phi) is 5.85. The van der Waals surface area contributed by atoms with E-state index >= 15 is 0 Å². The smallest absolute Gasteiger partial charge is 0.376 e. The summed E-state index contributed by atoms with van der Waals surface area (Å²) < 4.78 is 90.3. The van der Waals surface area contributed by atoms with Crippen molar-refractivity contribution in [3.05, 3.63) is 84.4 Å². The van der Waals surface area contributed by atoms with Crippen LogP contribution in [-0.4, -0.2) is 13.9 Å². The van der Waals surface area contributed by atoms with Crippen LogP contribution < -0.4 is 4.18 Å². The minimum absolute atomic E-state index is 0.447. The van der Waals surface area contributed by atoms with Gasteiger partial charge in [-0.3, -0.25) is 0 Å². The Morgan fingerprint density at radius 1 is 0.655 bits per heavy atom. The van der Waals surface area contributed by atoms with Crippen LogP contribution in [0, 0.1) is 11.6 Å². The number of benzene rings is 3. The average molecular weight is 447 g/mol. The third-order valence-corrected chi connectivity index (χ3v) is 6.86. The molecule has 10 heteroatoms. The zero-order valence-electron chi connectivity index (χ0n) is 14.4. The predicted molar refractivity (Wildman–Crippen MR) is 97.0 cm³/mol. The number of halogens is 5. The predicted octanol–water partition coefficient (Wildman–Crippen LogP) is 5.29. The van der Waals surface area contributed by atoms with E-state index in [-0.39, 0.29) is 0 Å². The Labute approximate surface area is 166 Å². The third kappa shape index (κ3) is 4.88. The first-order chi connectivity index (χ1) is 13.6. The van der Waals surface area contributed by atoms with Gasteiger partial charge in [-0.05, 0) is 72.8 Å². The van der Waals surface area contributed by atoms with Crippen LogP contribution in [0.5, 0.6) is 5.75 Å². The Balaban J connectivity index is 1.98. The fraction of sp³-hybridized carbons (Fsp3) is 0.0526. The zero-order valence-corrected chi connectivity index (χ0v) is 16.0. The van der Waals surface area contributed by atoms with E-state index < -0.39 is 43.9 Å². The molecule has 0 unspecified atom stereocenters. The number of rotatable bonds is 5. The molecule has 0 atom stereocenters. The molecular weight excluding hydrogens is 435 g/mol. The minimum atomic E-state index is -5.78. The summed E-state index contributed by atoms with van der Waals surface area (Å²) in [7, 11) is -6.62. The van der Waals surface area contributed by atoms with Gasteiger partial charge in [-0.25, -0.2) is 8.78 Å². The van der Waals surface area contributed by atoms with Crippen molar-refractivity contribution in [2.75, 3.05) is 0 Å². The first-order valence-electron chi connectivity index (χ1n) is 7.93. The van der Waals surface area contributed by atoms with E-state index in [4.69, 9.17) is 0 Å². The van der Waals surface area contributed by atoms with E-state index in [0.717, 1.165) is 12.1 Å². The molecule has 0 aromatic heterocycles. The van der Waals surface area contributed by atoms with Crippen molar-refractivity contribution in [1.82, 2.24) is 0 Å². The van der Waals surface area contributed by atoms with Crippen LogP contribution in [-0.2, 0) is 21.0 Å². The van der Waals surface area contributed by atoms with Gasteiger partial charge in [0.25, 0.3) is 0 Å². The van der Waals surface area contributed by atoms with Crippen LogP contribution in [0.15, 0.2) is 87.5 Å². The quantitative estimate of drug-likeness (QED) is 0.231. The van der Waals surface area contributed by atoms with E-state index in [1.807, 2.05) is 0 Å². The fourth-order valence-corrected chi connectivity index (χ4v) is 4.86. The molecule has 0 fully saturated rings. The standard InChI is InChI=1S/C19H12F5O3S2/c20-13-1-7-16(8-2-13)28(17-9-3-14(21)4-10-17)18-11-5-15(6-12-18)27-29(25,26)19(22,23)24/h1-12H/q+1. The lowest BCUT2D eigenvalue weighted by Crippen LogP contribution is -2.28. The second kappa shape index (κ2) is 8.03. The first kappa shape index (κ1) is 21.1. The highest BCUT2D eigenvalue weighted by atomic mass is 32.2. The molecule has 3 aromatic carbocycles. The van der Waals surface area contributed by atoms with Crippen molar-refractivity contribution >= 4 is 21.0 Å². The molecule has 29 heavy (non-hydrogen) atoms. The second-order valence-corrected chi connectivity index (χ2v) is 9.23. The summed E-state index contributed by atoms with van der Waals surface area (Å²) in [4.78, 5) is 1.93. The van der Waals surface area contributed by atoms with Gasteiger partial charge in [0.05, 0.1) is 10.9 Å². The maximum Gasteiger partial charge on any atom is 0.534 e. The molecule has 0 aliphatic heterocycles. The molecule has 0 heterocycles. The van der Waals surface area contributed by atoms with Gasteiger partial charge in [-0.2, -0.15) is 21.6 Å². The summed E-state index contributed by atoms with van der Waals surface area (Å²) in [5.41, 5.74) is -5.54. The highest BCUT2D eigenvalue weighted by molar-refractivity contribution is 7.97. The Bertz CT molecular complexity index is 1030. The van der Waals surface area contributed by atoms with E-state index in [9.17, 15) is 30.4 Å². The van der Waals surface area contributed by atoms with Crippen molar-refractivity contribution in [2.45, 2.75) is 20.2 Å². The molecule has 3 rings (SSSR count). The third-order valence-electron chi connectivity index (χ3n) is 3.65. The average Bonchev–Trinajstić information content (AvgIpc) is 2.65. The van der Waals surface area contributed by atoms with Crippen LogP contribution in [0.1, 0.15) is 0 Å². The van der Waals surface area contributed by atoms with E-state index in [1.54, 1.807) is 24.3 Å². The lowest BCUT2D eigenvalue weighted by molar-refractivity contribution is -0.0500. The summed E-state index contributed by atoms with van der Waals surface area (Å²) in [6.07, 6.45) is 0. The van der Waals surface area contributed by atoms with Crippen LogP contribution in [0.2, 0.25) is 0 Å². The van der Waals surface area contributed by atoms with Crippen molar-refractivity contribution in [3.63, 3.8) is 0 Å². The highest BCUT2D eigenvalue weighted by Crippen LogP contribution is 2.33. The van der Waals surface area contributed by atoms with Crippen molar-refractivity contribution in [3.8, 4) is 5.75 Å². The fourth-order valence-electron chi connectivity index (χ4n) is 2.35. The maximum absolute atomic E-state index is 13.3. The Morgan fingerprint density at radius 3 is 1.34 bits per heavy atom. The first-order valence-corrected chi connectivity index (χ1v) is 10.6. The van der Waals surface area contributed by atoms with Crippen molar-refractivity contribution < 1.29 is 34.6 Å². The second-order valence-electron chi connectivity index (χ2n) is 5.67. The van der Waals surface area contributed by atoms with Gasteiger partial charge >= 0.3 is 15.6 Å². The monoisotopic (exact) mass is 447 g/mol. The minimum Gasteiger partial charge on any atom is -0.376 e. The highest BCUT2D eigenvalue weighted by Gasteiger charge is 2.48. The lowest BCUT2D eigenvalue weighted by atomic mass is 10.3. The maximum atomic E-state index is 13.3. The van der Waals surface area contributed by atoms with Crippen LogP contribution >= 0.6 is 0 Å². The SMILES string of the molecule is O=S(=O)(Oc1ccc([S+](c2ccc(F)cc2)c2ccc(F)cc2)cc1)C(F)(F)F. The van der Waals surface area contributed by atoms with Gasteiger partial charge in [0, 0.05) is 0 Å². The van der Waals surface area contributed by atoms with E-state index in [1.165, 1.54) is 36.4 Å². The molecular formula is C19H12F5O3S2+. The summed E-state index contributed by atoms with van der Waals surface area (Å²) >= 11 is 0. The van der Waals surface area contributed by atoms with Gasteiger partial charge in [-0.15, -0.1) is 0 Å². The summed E-state index contributed by atoms with van der Waals surface area (Å²) in [5.74, 6) is -1.40. The van der Waals surface area contributed by atoms with Gasteiger partial charge in [0.2, 0.25) is 0 Å². The normalized spacial score (nSPS) is 12.2. The largest absolute Gasteiger partial charge is 0.534 e. The van der Waals surface area contributed by atoms with Crippen molar-refractivity contribution in [1.29, 1.82) is 0 Å². The van der Waals surface area contributed by atoms with E-state index in [2.05, 4.69) is 4.18 Å². The Morgan fingerprint density at radius 2 is 1.00 bits per heavy atom. The molecule has 0 radical (unpaired) electrons. The van der Waals surface area contributed by atoms with Crippen LogP contribution in [0.4, 0.5) is 22.0 Å². The molecule has 0 aliphatic carbocycles. The van der Waals surface area contributed by atoms with Gasteiger partial charge < -0.3 is 4.18 Å². The van der Waals surface area contributed by atoms with E-state index in [0.29, 0.717) is 14.7 Å². The van der Waals surface area contributed by atoms with Gasteiger partial charge in [0.15, 0.2) is 14.7 Å². The summed E-state index contributed by atoms with van der Waals surface area (Å²) in [5, 5.41) is 0. The van der Waals surface area contributed by atoms with Gasteiger partial charge in [-0.1, -0.05) is 0 Å². The zero-order chi connectivity index (χ0) is 21.2. The molecule has 0 saturated carbocycles. The molecule has 0 N–H and O–H groups in total. The molecule has 3 nitrogen and oxygen atoms in total. The van der Waals surface area contributed by atoms with Crippen LogP contribution in [0.25, 0.3) is 0 Å². The topological polar surface area (TPSA) is 43.4 Å². The Hall–Kier alpha value is -2.59. The van der Waals surface area contributed by atoms with Crippen LogP contribution in [0.3, 0.4) is 0 Å². The molecule has 0 amide bonds. The van der Waals surface area contributed by atoms with Gasteiger partial charge in [0.1, 0.15) is 17.4 Å². The number of alkyl halides is 3. The molecule has 152 valence electrons. The number of hydrogen-bond acceptors (Lipinski definition) is 3. The molecule has 3 aromatic rings. The lowest BCUT2D eigenvalue weighted by Gasteiger charge is -2.11. The molecule has 0 saturated heterocycles. The van der Waals surface area contributed by atoms with Crippen molar-refractivity contribution in [2.24, 2.45) is 0 Å². The summed E-state index contributed by atoms with van der Waals surface area (Å²) in [6, 6.07) is 16.2. The summed E-state index contributed by atoms with van der Waals surface area (Å²) in [6.45, 7) is 0. The number of hydrogen-bond donors (Lipinski definition) is 0.